The maximum absolute atomic E-state index is 12.1. The lowest BCUT2D eigenvalue weighted by Gasteiger charge is -2.24. The van der Waals surface area contributed by atoms with Crippen LogP contribution in [0.2, 0.25) is 0 Å². The van der Waals surface area contributed by atoms with E-state index in [9.17, 15) is 4.79 Å². The minimum Gasteiger partial charge on any atom is -0.444 e. The predicted molar refractivity (Wildman–Crippen MR) is 114 cm³/mol. The molecule has 3 heterocycles. The molecular formula is C23H33N3O3. The van der Waals surface area contributed by atoms with E-state index in [1.54, 1.807) is 11.1 Å². The first-order chi connectivity index (χ1) is 13.8. The van der Waals surface area contributed by atoms with Crippen molar-refractivity contribution in [1.29, 1.82) is 0 Å². The molecule has 0 saturated carbocycles. The molecular weight excluding hydrogens is 366 g/mol. The van der Waals surface area contributed by atoms with Gasteiger partial charge in [-0.3, -0.25) is 0 Å². The zero-order chi connectivity index (χ0) is 20.9. The first-order valence-corrected chi connectivity index (χ1v) is 10.6. The number of amides is 1. The fraction of sp³-hybridized carbons (Fsp3) is 0.609. The van der Waals surface area contributed by atoms with Gasteiger partial charge in [-0.2, -0.15) is 0 Å². The highest BCUT2D eigenvalue weighted by Crippen LogP contribution is 2.19. The molecule has 29 heavy (non-hydrogen) atoms. The standard InChI is InChI=1S/C23H33N3O3/c1-17-15-18-9-8-12-24-21(18)25-20(17)10-6-5-7-14-28-19-11-13-26(16-19)22(27)29-23(2,3)4/h8-9,12,15,19H,5-7,10-11,13-14,16H2,1-4H3. The van der Waals surface area contributed by atoms with Crippen molar-refractivity contribution in [2.75, 3.05) is 19.7 Å². The molecule has 0 aliphatic carbocycles. The average Bonchev–Trinajstić information content (AvgIpc) is 3.12. The maximum Gasteiger partial charge on any atom is 0.410 e. The van der Waals surface area contributed by atoms with Gasteiger partial charge >= 0.3 is 6.09 Å². The second kappa shape index (κ2) is 9.53. The number of aromatic nitrogens is 2. The van der Waals surface area contributed by atoms with Crippen LogP contribution in [0.4, 0.5) is 4.79 Å². The van der Waals surface area contributed by atoms with E-state index in [0.717, 1.165) is 55.4 Å². The Bertz CT molecular complexity index is 832. The summed E-state index contributed by atoms with van der Waals surface area (Å²) in [7, 11) is 0. The lowest BCUT2D eigenvalue weighted by molar-refractivity contribution is 0.0206. The van der Waals surface area contributed by atoms with Gasteiger partial charge in [0.1, 0.15) is 5.60 Å². The molecule has 2 aromatic rings. The number of carbonyl (C=O) groups is 1. The first kappa shape index (κ1) is 21.5. The van der Waals surface area contributed by atoms with Crippen molar-refractivity contribution in [2.24, 2.45) is 0 Å². The molecule has 6 heteroatoms. The van der Waals surface area contributed by atoms with E-state index >= 15 is 0 Å². The molecule has 1 atom stereocenters. The van der Waals surface area contributed by atoms with Crippen molar-refractivity contribution in [3.05, 3.63) is 35.7 Å². The third-order valence-corrected chi connectivity index (χ3v) is 5.09. The Kier molecular flexibility index (Phi) is 7.06. The van der Waals surface area contributed by atoms with Crippen LogP contribution in [0.25, 0.3) is 11.0 Å². The summed E-state index contributed by atoms with van der Waals surface area (Å²) in [5, 5.41) is 1.10. The van der Waals surface area contributed by atoms with Gasteiger partial charge in [-0.05, 0) is 77.1 Å². The Hall–Kier alpha value is -2.21. The summed E-state index contributed by atoms with van der Waals surface area (Å²) in [6, 6.07) is 6.17. The number of pyridine rings is 2. The summed E-state index contributed by atoms with van der Waals surface area (Å²) in [6.45, 7) is 9.86. The third kappa shape index (κ3) is 6.39. The van der Waals surface area contributed by atoms with Crippen LogP contribution < -0.4 is 0 Å². The molecule has 1 aliphatic rings. The van der Waals surface area contributed by atoms with Gasteiger partial charge in [-0.1, -0.05) is 6.42 Å². The third-order valence-electron chi connectivity index (χ3n) is 5.09. The fourth-order valence-electron chi connectivity index (χ4n) is 3.58. The number of rotatable bonds is 7. The van der Waals surface area contributed by atoms with E-state index in [0.29, 0.717) is 13.1 Å². The van der Waals surface area contributed by atoms with Gasteiger partial charge < -0.3 is 14.4 Å². The number of aryl methyl sites for hydroxylation is 2. The van der Waals surface area contributed by atoms with Crippen molar-refractivity contribution >= 4 is 17.1 Å². The highest BCUT2D eigenvalue weighted by Gasteiger charge is 2.30. The molecule has 6 nitrogen and oxygen atoms in total. The summed E-state index contributed by atoms with van der Waals surface area (Å²) in [4.78, 5) is 22.9. The Morgan fingerprint density at radius 1 is 1.28 bits per heavy atom. The minimum absolute atomic E-state index is 0.123. The second-order valence-electron chi connectivity index (χ2n) is 8.82. The minimum atomic E-state index is -0.454. The normalized spacial score (nSPS) is 17.1. The molecule has 0 N–H and O–H groups in total. The van der Waals surface area contributed by atoms with E-state index in [-0.39, 0.29) is 12.2 Å². The molecule has 0 aromatic carbocycles. The van der Waals surface area contributed by atoms with Crippen molar-refractivity contribution in [3.63, 3.8) is 0 Å². The zero-order valence-corrected chi connectivity index (χ0v) is 18.1. The van der Waals surface area contributed by atoms with Crippen LogP contribution in [-0.2, 0) is 15.9 Å². The number of hydrogen-bond acceptors (Lipinski definition) is 5. The fourth-order valence-corrected chi connectivity index (χ4v) is 3.58. The predicted octanol–water partition coefficient (Wildman–Crippen LogP) is 4.68. The zero-order valence-electron chi connectivity index (χ0n) is 18.1. The smallest absolute Gasteiger partial charge is 0.410 e. The van der Waals surface area contributed by atoms with Crippen LogP contribution in [0, 0.1) is 6.92 Å². The summed E-state index contributed by atoms with van der Waals surface area (Å²) in [6.07, 6.45) is 6.73. The van der Waals surface area contributed by atoms with E-state index in [4.69, 9.17) is 14.5 Å². The maximum atomic E-state index is 12.1. The molecule has 1 amide bonds. The molecule has 0 spiro atoms. The first-order valence-electron chi connectivity index (χ1n) is 10.6. The quantitative estimate of drug-likeness (QED) is 0.633. The van der Waals surface area contributed by atoms with Gasteiger partial charge in [0.15, 0.2) is 5.65 Å². The summed E-state index contributed by atoms with van der Waals surface area (Å²) >= 11 is 0. The number of fused-ring (bicyclic) bond motifs is 1. The van der Waals surface area contributed by atoms with Crippen molar-refractivity contribution < 1.29 is 14.3 Å². The molecule has 0 bridgehead atoms. The highest BCUT2D eigenvalue weighted by molar-refractivity contribution is 5.75. The second-order valence-corrected chi connectivity index (χ2v) is 8.82. The Morgan fingerprint density at radius 3 is 2.90 bits per heavy atom. The number of likely N-dealkylation sites (tertiary alicyclic amines) is 1. The monoisotopic (exact) mass is 399 g/mol. The van der Waals surface area contributed by atoms with Crippen LogP contribution >= 0.6 is 0 Å². The van der Waals surface area contributed by atoms with Crippen LogP contribution in [0.5, 0.6) is 0 Å². The SMILES string of the molecule is Cc1cc2cccnc2nc1CCCCCOC1CCN(C(=O)OC(C)(C)C)C1. The number of nitrogens with zero attached hydrogens (tertiary/aromatic N) is 3. The van der Waals surface area contributed by atoms with Crippen LogP contribution in [0.15, 0.2) is 24.4 Å². The largest absolute Gasteiger partial charge is 0.444 e. The molecule has 3 rings (SSSR count). The molecule has 1 fully saturated rings. The number of ether oxygens (including phenoxy) is 2. The highest BCUT2D eigenvalue weighted by atomic mass is 16.6. The Morgan fingerprint density at radius 2 is 2.10 bits per heavy atom. The average molecular weight is 400 g/mol. The van der Waals surface area contributed by atoms with Gasteiger partial charge in [0.25, 0.3) is 0 Å². The summed E-state index contributed by atoms with van der Waals surface area (Å²) < 4.78 is 11.4. The van der Waals surface area contributed by atoms with Gasteiger partial charge in [-0.15, -0.1) is 0 Å². The van der Waals surface area contributed by atoms with Gasteiger partial charge in [0.2, 0.25) is 0 Å². The van der Waals surface area contributed by atoms with E-state index in [1.165, 1.54) is 5.56 Å². The van der Waals surface area contributed by atoms with Crippen LogP contribution in [0.1, 0.15) is 57.7 Å². The molecule has 1 saturated heterocycles. The van der Waals surface area contributed by atoms with Crippen molar-refractivity contribution in [2.45, 2.75) is 71.5 Å². The molecule has 2 aromatic heterocycles. The van der Waals surface area contributed by atoms with E-state index in [1.807, 2.05) is 26.8 Å². The lowest BCUT2D eigenvalue weighted by Crippen LogP contribution is -2.36. The molecule has 1 unspecified atom stereocenters. The van der Waals surface area contributed by atoms with Gasteiger partial charge in [0, 0.05) is 30.4 Å². The summed E-state index contributed by atoms with van der Waals surface area (Å²) in [5.74, 6) is 0. The van der Waals surface area contributed by atoms with Crippen molar-refractivity contribution in [1.82, 2.24) is 14.9 Å². The molecule has 0 radical (unpaired) electrons. The number of carbonyl (C=O) groups excluding carboxylic acids is 1. The van der Waals surface area contributed by atoms with Gasteiger partial charge in [-0.25, -0.2) is 14.8 Å². The van der Waals surface area contributed by atoms with Crippen LogP contribution in [0.3, 0.4) is 0 Å². The van der Waals surface area contributed by atoms with Gasteiger partial charge in [0.05, 0.1) is 12.6 Å². The van der Waals surface area contributed by atoms with E-state index in [2.05, 4.69) is 24.0 Å². The van der Waals surface area contributed by atoms with Crippen molar-refractivity contribution in [3.8, 4) is 0 Å². The van der Waals surface area contributed by atoms with E-state index < -0.39 is 5.60 Å². The topological polar surface area (TPSA) is 64.6 Å². The molecule has 158 valence electrons. The Labute approximate surface area is 173 Å². The lowest BCUT2D eigenvalue weighted by atomic mass is 10.1. The molecule has 1 aliphatic heterocycles. The number of unbranched alkanes of at least 4 members (excludes halogenated alkanes) is 2. The van der Waals surface area contributed by atoms with Crippen LogP contribution in [-0.4, -0.2) is 52.4 Å². The Balaban J connectivity index is 1.33. The summed E-state index contributed by atoms with van der Waals surface area (Å²) in [5.41, 5.74) is 2.74. The number of hydrogen-bond donors (Lipinski definition) is 0.